The van der Waals surface area contributed by atoms with Crippen molar-refractivity contribution in [3.05, 3.63) is 77.4 Å². The number of benzene rings is 2. The maximum Gasteiger partial charge on any atom is 0.236 e. The average Bonchev–Trinajstić information content (AvgIpc) is 3.14. The molecule has 29 heavy (non-hydrogen) atoms. The molecule has 0 saturated carbocycles. The highest BCUT2D eigenvalue weighted by Gasteiger charge is 2.31. The molecule has 0 aromatic heterocycles. The van der Waals surface area contributed by atoms with Crippen molar-refractivity contribution in [1.82, 2.24) is 14.7 Å². The molecule has 2 aromatic rings. The van der Waals surface area contributed by atoms with Gasteiger partial charge in [-0.1, -0.05) is 36.4 Å². The van der Waals surface area contributed by atoms with Crippen molar-refractivity contribution in [3.8, 4) is 0 Å². The molecule has 0 spiro atoms. The Balaban J connectivity index is 1.58. The minimum atomic E-state index is -0.467. The van der Waals surface area contributed by atoms with Crippen LogP contribution in [-0.2, 0) is 4.79 Å². The maximum atomic E-state index is 14.4. The Kier molecular flexibility index (Phi) is 5.74. The van der Waals surface area contributed by atoms with E-state index < -0.39 is 11.6 Å². The van der Waals surface area contributed by atoms with Gasteiger partial charge in [-0.15, -0.1) is 0 Å². The zero-order valence-corrected chi connectivity index (χ0v) is 16.5. The SMILES string of the molecule is CN1CCN(C(=O)CN2CC(c3cc(F)ccc3F)=C[C@H]2c2ccccc2)CC1. The van der Waals surface area contributed by atoms with Crippen molar-refractivity contribution in [2.45, 2.75) is 6.04 Å². The summed E-state index contributed by atoms with van der Waals surface area (Å²) >= 11 is 0. The van der Waals surface area contributed by atoms with E-state index in [1.807, 2.05) is 46.2 Å². The summed E-state index contributed by atoms with van der Waals surface area (Å²) in [5, 5.41) is 0. The quantitative estimate of drug-likeness (QED) is 0.793. The summed E-state index contributed by atoms with van der Waals surface area (Å²) in [5.41, 5.74) is 2.01. The Hall–Kier alpha value is -2.57. The second-order valence-electron chi connectivity index (χ2n) is 7.76. The van der Waals surface area contributed by atoms with E-state index in [9.17, 15) is 13.6 Å². The molecule has 0 bridgehead atoms. The lowest BCUT2D eigenvalue weighted by atomic mass is 10.0. The Morgan fingerprint density at radius 1 is 1.03 bits per heavy atom. The molecular formula is C23H25F2N3O. The second-order valence-corrected chi connectivity index (χ2v) is 7.76. The van der Waals surface area contributed by atoms with Crippen LogP contribution < -0.4 is 0 Å². The van der Waals surface area contributed by atoms with Crippen molar-refractivity contribution in [1.29, 1.82) is 0 Å². The molecule has 152 valence electrons. The van der Waals surface area contributed by atoms with Crippen molar-refractivity contribution in [2.24, 2.45) is 0 Å². The van der Waals surface area contributed by atoms with Crippen LogP contribution in [-0.4, -0.2) is 66.9 Å². The summed E-state index contributed by atoms with van der Waals surface area (Å²) in [6.45, 7) is 3.83. The maximum absolute atomic E-state index is 14.4. The summed E-state index contributed by atoms with van der Waals surface area (Å²) in [6.07, 6.45) is 1.95. The van der Waals surface area contributed by atoms with Gasteiger partial charge < -0.3 is 9.80 Å². The van der Waals surface area contributed by atoms with Crippen molar-refractivity contribution >= 4 is 11.5 Å². The lowest BCUT2D eigenvalue weighted by molar-refractivity contribution is -0.134. The highest BCUT2D eigenvalue weighted by Crippen LogP contribution is 2.35. The number of amides is 1. The van der Waals surface area contributed by atoms with Crippen molar-refractivity contribution < 1.29 is 13.6 Å². The van der Waals surface area contributed by atoms with E-state index in [-0.39, 0.29) is 24.1 Å². The van der Waals surface area contributed by atoms with Gasteiger partial charge in [-0.3, -0.25) is 9.69 Å². The molecule has 1 atom stereocenters. The van der Waals surface area contributed by atoms with Gasteiger partial charge >= 0.3 is 0 Å². The van der Waals surface area contributed by atoms with Gasteiger partial charge in [0.2, 0.25) is 5.91 Å². The molecule has 4 nitrogen and oxygen atoms in total. The largest absolute Gasteiger partial charge is 0.339 e. The van der Waals surface area contributed by atoms with E-state index in [0.29, 0.717) is 12.1 Å². The number of piperazine rings is 1. The number of hydrogen-bond acceptors (Lipinski definition) is 3. The molecular weight excluding hydrogens is 372 g/mol. The summed E-state index contributed by atoms with van der Waals surface area (Å²) in [7, 11) is 2.05. The Morgan fingerprint density at radius 2 is 1.76 bits per heavy atom. The van der Waals surface area contributed by atoms with Crippen LogP contribution in [0.4, 0.5) is 8.78 Å². The molecule has 0 aliphatic carbocycles. The summed E-state index contributed by atoms with van der Waals surface area (Å²) < 4.78 is 28.1. The molecule has 2 aliphatic heterocycles. The topological polar surface area (TPSA) is 26.8 Å². The fourth-order valence-corrected chi connectivity index (χ4v) is 4.03. The van der Waals surface area contributed by atoms with Gasteiger partial charge in [-0.2, -0.15) is 0 Å². The first-order chi connectivity index (χ1) is 14.0. The van der Waals surface area contributed by atoms with Crippen LogP contribution in [0.1, 0.15) is 17.2 Å². The van der Waals surface area contributed by atoms with E-state index in [4.69, 9.17) is 0 Å². The predicted octanol–water partition coefficient (Wildman–Crippen LogP) is 3.18. The fourth-order valence-electron chi connectivity index (χ4n) is 4.03. The fraction of sp³-hybridized carbons (Fsp3) is 0.348. The molecule has 2 aromatic carbocycles. The van der Waals surface area contributed by atoms with Crippen LogP contribution in [0, 0.1) is 11.6 Å². The third-order valence-corrected chi connectivity index (χ3v) is 5.74. The van der Waals surface area contributed by atoms with Crippen LogP contribution >= 0.6 is 0 Å². The van der Waals surface area contributed by atoms with E-state index in [0.717, 1.165) is 43.9 Å². The van der Waals surface area contributed by atoms with Crippen molar-refractivity contribution in [2.75, 3.05) is 46.3 Å². The molecule has 2 heterocycles. The number of carbonyl (C=O) groups excluding carboxylic acids is 1. The van der Waals surface area contributed by atoms with Crippen molar-refractivity contribution in [3.63, 3.8) is 0 Å². The summed E-state index contributed by atoms with van der Waals surface area (Å²) in [6, 6.07) is 13.2. The molecule has 1 saturated heterocycles. The molecule has 4 rings (SSSR count). The average molecular weight is 397 g/mol. The minimum Gasteiger partial charge on any atom is -0.339 e. The molecule has 1 fully saturated rings. The number of carbonyl (C=O) groups is 1. The number of likely N-dealkylation sites (N-methyl/N-ethyl adjacent to an activating group) is 1. The van der Waals surface area contributed by atoms with Crippen LogP contribution in [0.2, 0.25) is 0 Å². The molecule has 0 unspecified atom stereocenters. The second kappa shape index (κ2) is 8.43. The number of rotatable bonds is 4. The van der Waals surface area contributed by atoms with Gasteiger partial charge in [-0.05, 0) is 36.4 Å². The first-order valence-electron chi connectivity index (χ1n) is 9.92. The van der Waals surface area contributed by atoms with Crippen LogP contribution in [0.15, 0.2) is 54.6 Å². The summed E-state index contributed by atoms with van der Waals surface area (Å²) in [5.74, 6) is -0.837. The summed E-state index contributed by atoms with van der Waals surface area (Å²) in [4.78, 5) is 19.0. The number of nitrogens with zero attached hydrogens (tertiary/aromatic N) is 3. The number of halogens is 2. The third kappa shape index (κ3) is 4.38. The van der Waals surface area contributed by atoms with E-state index in [2.05, 4.69) is 11.9 Å². The van der Waals surface area contributed by atoms with Crippen LogP contribution in [0.25, 0.3) is 5.57 Å². The predicted molar refractivity (Wildman–Crippen MR) is 109 cm³/mol. The van der Waals surface area contributed by atoms with Gasteiger partial charge in [-0.25, -0.2) is 8.78 Å². The monoisotopic (exact) mass is 397 g/mol. The zero-order chi connectivity index (χ0) is 20.4. The molecule has 0 radical (unpaired) electrons. The molecule has 2 aliphatic rings. The Morgan fingerprint density at radius 3 is 2.48 bits per heavy atom. The first-order valence-corrected chi connectivity index (χ1v) is 9.92. The minimum absolute atomic E-state index is 0.0772. The van der Waals surface area contributed by atoms with E-state index in [1.165, 1.54) is 6.07 Å². The van der Waals surface area contributed by atoms with Gasteiger partial charge in [0.05, 0.1) is 12.6 Å². The first kappa shape index (κ1) is 19.7. The van der Waals surface area contributed by atoms with Crippen LogP contribution in [0.5, 0.6) is 0 Å². The lowest BCUT2D eigenvalue weighted by Crippen LogP contribution is -2.50. The van der Waals surface area contributed by atoms with Gasteiger partial charge in [0.1, 0.15) is 11.6 Å². The molecule has 1 amide bonds. The smallest absolute Gasteiger partial charge is 0.236 e. The van der Waals surface area contributed by atoms with Crippen LogP contribution in [0.3, 0.4) is 0 Å². The van der Waals surface area contributed by atoms with Gasteiger partial charge in [0, 0.05) is 38.3 Å². The Labute approximate surface area is 170 Å². The zero-order valence-electron chi connectivity index (χ0n) is 16.5. The van der Waals surface area contributed by atoms with Gasteiger partial charge in [0.25, 0.3) is 0 Å². The lowest BCUT2D eigenvalue weighted by Gasteiger charge is -2.34. The standard InChI is InChI=1S/C23H25F2N3O/c1-26-9-11-27(12-10-26)23(29)16-28-15-18(20-14-19(24)7-8-21(20)25)13-22(28)17-5-3-2-4-6-17/h2-8,13-14,22H,9-12,15-16H2,1H3/t22-/m0/s1. The highest BCUT2D eigenvalue weighted by molar-refractivity contribution is 5.80. The van der Waals surface area contributed by atoms with E-state index >= 15 is 0 Å². The normalized spacial score (nSPS) is 20.7. The molecule has 0 N–H and O–H groups in total. The highest BCUT2D eigenvalue weighted by atomic mass is 19.1. The third-order valence-electron chi connectivity index (χ3n) is 5.74. The van der Waals surface area contributed by atoms with E-state index in [1.54, 1.807) is 0 Å². The number of hydrogen-bond donors (Lipinski definition) is 0. The van der Waals surface area contributed by atoms with Gasteiger partial charge in [0.15, 0.2) is 0 Å². The molecule has 6 heteroatoms. The Bertz CT molecular complexity index is 908.